The number of aliphatic imine (C=N–C) groups is 1. The Morgan fingerprint density at radius 2 is 1.85 bits per heavy atom. The van der Waals surface area contributed by atoms with E-state index < -0.39 is 12.1 Å². The summed E-state index contributed by atoms with van der Waals surface area (Å²) in [6.07, 6.45) is 0.827. The number of hydrogen-bond acceptors (Lipinski definition) is 5. The second-order valence-corrected chi connectivity index (χ2v) is 7.02. The van der Waals surface area contributed by atoms with Crippen LogP contribution in [0.15, 0.2) is 58.4 Å². The van der Waals surface area contributed by atoms with Crippen LogP contribution in [0.3, 0.4) is 0 Å². The monoisotopic (exact) mass is 382 g/mol. The first kappa shape index (κ1) is 18.7. The zero-order valence-corrected chi connectivity index (χ0v) is 15.6. The summed E-state index contributed by atoms with van der Waals surface area (Å²) < 4.78 is 5.29. The van der Waals surface area contributed by atoms with Crippen molar-refractivity contribution in [3.63, 3.8) is 0 Å². The van der Waals surface area contributed by atoms with Gasteiger partial charge >= 0.3 is 5.97 Å². The number of aryl methyl sites for hydroxylation is 1. The van der Waals surface area contributed by atoms with Gasteiger partial charge in [0.25, 0.3) is 5.91 Å². The van der Waals surface area contributed by atoms with Gasteiger partial charge < -0.3 is 15.2 Å². The van der Waals surface area contributed by atoms with E-state index >= 15 is 0 Å². The quantitative estimate of drug-likeness (QED) is 0.769. The third-order valence-corrected chi connectivity index (χ3v) is 4.66. The average Bonchev–Trinajstić information content (AvgIpc) is 2.97. The number of ether oxygens (including phenoxy) is 1. The number of rotatable bonds is 5. The number of benzene rings is 2. The van der Waals surface area contributed by atoms with E-state index in [1.165, 1.54) is 18.7 Å². The van der Waals surface area contributed by atoms with E-state index in [9.17, 15) is 9.59 Å². The minimum absolute atomic E-state index is 0.203. The number of thioether (sulfide) groups is 1. The largest absolute Gasteiger partial charge is 0.479 e. The van der Waals surface area contributed by atoms with Crippen molar-refractivity contribution >= 4 is 40.6 Å². The van der Waals surface area contributed by atoms with Crippen molar-refractivity contribution < 1.29 is 19.4 Å². The van der Waals surface area contributed by atoms with E-state index in [1.54, 1.807) is 30.3 Å². The number of amidine groups is 1. The number of nitrogens with zero attached hydrogens (tertiary/aromatic N) is 1. The Bertz CT molecular complexity index is 918. The number of nitrogens with one attached hydrogen (secondary N) is 1. The standard InChI is InChI=1S/C20H18N2O4S/c1-12-3-7-15(8-4-12)21-20-22-18(23)17(27-20)11-14-5-9-16(10-6-14)26-13(2)19(24)25/h3-11,13H,1-2H3,(H,24,25)(H,21,22,23)/b17-11+. The van der Waals surface area contributed by atoms with Crippen LogP contribution >= 0.6 is 11.8 Å². The van der Waals surface area contributed by atoms with Gasteiger partial charge in [0.15, 0.2) is 11.3 Å². The average molecular weight is 382 g/mol. The Morgan fingerprint density at radius 3 is 2.48 bits per heavy atom. The zero-order chi connectivity index (χ0) is 19.4. The Morgan fingerprint density at radius 1 is 1.19 bits per heavy atom. The van der Waals surface area contributed by atoms with Crippen molar-refractivity contribution in [2.75, 3.05) is 0 Å². The molecule has 1 amide bonds. The van der Waals surface area contributed by atoms with Crippen molar-refractivity contribution in [1.29, 1.82) is 0 Å². The molecule has 138 valence electrons. The number of carboxylic acid groups (broad SMARTS) is 1. The van der Waals surface area contributed by atoms with Gasteiger partial charge in [-0.15, -0.1) is 0 Å². The van der Waals surface area contributed by atoms with Gasteiger partial charge in [-0.05, 0) is 61.5 Å². The van der Waals surface area contributed by atoms with Gasteiger partial charge in [0.05, 0.1) is 10.6 Å². The Kier molecular flexibility index (Phi) is 5.61. The lowest BCUT2D eigenvalue weighted by atomic mass is 10.2. The van der Waals surface area contributed by atoms with Crippen molar-refractivity contribution in [2.24, 2.45) is 4.99 Å². The summed E-state index contributed by atoms with van der Waals surface area (Å²) in [5.74, 6) is -0.775. The second kappa shape index (κ2) is 8.09. The molecule has 1 heterocycles. The van der Waals surface area contributed by atoms with Crippen molar-refractivity contribution in [1.82, 2.24) is 5.32 Å². The fraction of sp³-hybridized carbons (Fsp3) is 0.150. The molecule has 0 radical (unpaired) electrons. The lowest BCUT2D eigenvalue weighted by Crippen LogP contribution is -2.22. The Balaban J connectivity index is 1.70. The Hall–Kier alpha value is -3.06. The molecule has 0 aliphatic carbocycles. The van der Waals surface area contributed by atoms with Crippen LogP contribution in [0.25, 0.3) is 6.08 Å². The van der Waals surface area contributed by atoms with Gasteiger partial charge in [-0.25, -0.2) is 9.79 Å². The van der Waals surface area contributed by atoms with Crippen molar-refractivity contribution in [3.8, 4) is 5.75 Å². The van der Waals surface area contributed by atoms with Gasteiger partial charge in [-0.2, -0.15) is 0 Å². The molecule has 1 fully saturated rings. The van der Waals surface area contributed by atoms with Crippen molar-refractivity contribution in [2.45, 2.75) is 20.0 Å². The highest BCUT2D eigenvalue weighted by molar-refractivity contribution is 8.18. The highest BCUT2D eigenvalue weighted by atomic mass is 32.2. The number of aliphatic carboxylic acids is 1. The van der Waals surface area contributed by atoms with E-state index in [1.807, 2.05) is 31.2 Å². The Labute approximate surface area is 161 Å². The zero-order valence-electron chi connectivity index (χ0n) is 14.8. The maximum absolute atomic E-state index is 12.1. The SMILES string of the molecule is Cc1ccc(N=C2NC(=O)/C(=C\c3ccc(OC(C)C(=O)O)cc3)S2)cc1. The van der Waals surface area contributed by atoms with E-state index in [0.717, 1.165) is 16.8 Å². The normalized spacial score (nSPS) is 17.8. The van der Waals surface area contributed by atoms with Gasteiger partial charge in [0.1, 0.15) is 5.75 Å². The minimum Gasteiger partial charge on any atom is -0.479 e. The van der Waals surface area contributed by atoms with Gasteiger partial charge in [-0.3, -0.25) is 4.79 Å². The van der Waals surface area contributed by atoms with Crippen LogP contribution in [0, 0.1) is 6.92 Å². The maximum Gasteiger partial charge on any atom is 0.344 e. The number of hydrogen-bond donors (Lipinski definition) is 2. The van der Waals surface area contributed by atoms with Crippen LogP contribution in [0.4, 0.5) is 5.69 Å². The molecule has 0 saturated carbocycles. The van der Waals surface area contributed by atoms with Gasteiger partial charge in [0, 0.05) is 0 Å². The van der Waals surface area contributed by atoms with Gasteiger partial charge in [0.2, 0.25) is 0 Å². The summed E-state index contributed by atoms with van der Waals surface area (Å²) >= 11 is 1.27. The fourth-order valence-electron chi connectivity index (χ4n) is 2.27. The second-order valence-electron chi connectivity index (χ2n) is 5.98. The van der Waals surface area contributed by atoms with E-state index in [0.29, 0.717) is 15.8 Å². The molecule has 1 aliphatic heterocycles. The summed E-state index contributed by atoms with van der Waals surface area (Å²) in [5, 5.41) is 12.2. The summed E-state index contributed by atoms with van der Waals surface area (Å²) in [4.78, 5) is 27.9. The van der Waals surface area contributed by atoms with Crippen LogP contribution in [-0.4, -0.2) is 28.3 Å². The van der Waals surface area contributed by atoms with E-state index in [4.69, 9.17) is 9.84 Å². The van der Waals surface area contributed by atoms with Crippen molar-refractivity contribution in [3.05, 3.63) is 64.6 Å². The smallest absolute Gasteiger partial charge is 0.344 e. The first-order valence-corrected chi connectivity index (χ1v) is 9.08. The molecule has 6 nitrogen and oxygen atoms in total. The van der Waals surface area contributed by atoms with Crippen LogP contribution in [0.1, 0.15) is 18.1 Å². The predicted molar refractivity (Wildman–Crippen MR) is 106 cm³/mol. The molecule has 2 aromatic carbocycles. The highest BCUT2D eigenvalue weighted by Crippen LogP contribution is 2.28. The molecular weight excluding hydrogens is 364 g/mol. The van der Waals surface area contributed by atoms with E-state index in [-0.39, 0.29) is 5.91 Å². The van der Waals surface area contributed by atoms with Crippen LogP contribution in [-0.2, 0) is 9.59 Å². The summed E-state index contributed by atoms with van der Waals surface area (Å²) in [5.41, 5.74) is 2.73. The molecule has 0 aromatic heterocycles. The first-order chi connectivity index (χ1) is 12.9. The molecule has 7 heteroatoms. The number of carboxylic acids is 1. The van der Waals surface area contributed by atoms with Crippen LogP contribution < -0.4 is 10.1 Å². The maximum atomic E-state index is 12.1. The summed E-state index contributed by atoms with van der Waals surface area (Å²) in [6.45, 7) is 3.47. The molecule has 1 aliphatic rings. The summed E-state index contributed by atoms with van der Waals surface area (Å²) in [6, 6.07) is 14.6. The number of carbonyl (C=O) groups excluding carboxylic acids is 1. The van der Waals surface area contributed by atoms with E-state index in [2.05, 4.69) is 10.3 Å². The number of amides is 1. The summed E-state index contributed by atoms with van der Waals surface area (Å²) in [7, 11) is 0. The molecule has 1 atom stereocenters. The predicted octanol–water partition coefficient (Wildman–Crippen LogP) is 3.74. The van der Waals surface area contributed by atoms with Crippen LogP contribution in [0.2, 0.25) is 0 Å². The van der Waals surface area contributed by atoms with Gasteiger partial charge in [-0.1, -0.05) is 29.8 Å². The molecule has 3 rings (SSSR count). The third-order valence-electron chi connectivity index (χ3n) is 3.75. The molecule has 1 unspecified atom stereocenters. The molecule has 0 spiro atoms. The lowest BCUT2D eigenvalue weighted by molar-refractivity contribution is -0.144. The number of carbonyl (C=O) groups is 2. The fourth-order valence-corrected chi connectivity index (χ4v) is 3.11. The minimum atomic E-state index is -1.03. The van der Waals surface area contributed by atoms with Crippen LogP contribution in [0.5, 0.6) is 5.75 Å². The molecule has 27 heavy (non-hydrogen) atoms. The third kappa shape index (κ3) is 4.98. The molecule has 1 saturated heterocycles. The molecule has 0 bridgehead atoms. The first-order valence-electron chi connectivity index (χ1n) is 8.26. The highest BCUT2D eigenvalue weighted by Gasteiger charge is 2.23. The lowest BCUT2D eigenvalue weighted by Gasteiger charge is -2.10. The molecular formula is C20H18N2O4S. The molecule has 2 N–H and O–H groups in total. The topological polar surface area (TPSA) is 88.0 Å². The molecule has 2 aromatic rings.